The number of amides is 1. The van der Waals surface area contributed by atoms with Gasteiger partial charge in [-0.2, -0.15) is 0 Å². The molecule has 2 unspecified atom stereocenters. The number of fused-ring (bicyclic) bond motifs is 2. The summed E-state index contributed by atoms with van der Waals surface area (Å²) in [6.07, 6.45) is -0.548. The monoisotopic (exact) mass is 294 g/mol. The van der Waals surface area contributed by atoms with Crippen LogP contribution in [0.5, 0.6) is 11.5 Å². The first kappa shape index (κ1) is 14.0. The standard InChI is InChI=1S/C14H18N2O5/c1-20-12-4-8-9(5-11(12)18)15-13(21-2)10-3-7(17)6-16(10)14(8)19/h4-5,7,10,13,15,17-18H,3,6H2,1-2H3/t7-,10?,13?/m0/s1. The van der Waals surface area contributed by atoms with Crippen molar-refractivity contribution in [1.29, 1.82) is 0 Å². The number of phenols is 1. The lowest BCUT2D eigenvalue weighted by Crippen LogP contribution is -2.44. The lowest BCUT2D eigenvalue weighted by molar-refractivity contribution is 0.0420. The Hall–Kier alpha value is -1.99. The van der Waals surface area contributed by atoms with E-state index < -0.39 is 12.3 Å². The molecule has 2 aliphatic heterocycles. The number of hydrogen-bond donors (Lipinski definition) is 3. The Labute approximate surface area is 122 Å². The Morgan fingerprint density at radius 2 is 2.14 bits per heavy atom. The number of nitrogens with one attached hydrogen (secondary N) is 1. The molecule has 0 radical (unpaired) electrons. The Balaban J connectivity index is 2.08. The summed E-state index contributed by atoms with van der Waals surface area (Å²) in [6.45, 7) is 0.271. The van der Waals surface area contributed by atoms with E-state index in [2.05, 4.69) is 5.32 Å². The maximum atomic E-state index is 12.7. The molecule has 1 saturated heterocycles. The van der Waals surface area contributed by atoms with Gasteiger partial charge in [0, 0.05) is 19.7 Å². The summed E-state index contributed by atoms with van der Waals surface area (Å²) >= 11 is 0. The SMILES string of the molecule is COc1cc2c(cc1O)NC(OC)C1C[C@H](O)CN1C2=O. The molecule has 3 atom stereocenters. The average molecular weight is 294 g/mol. The van der Waals surface area contributed by atoms with Gasteiger partial charge in [-0.3, -0.25) is 4.79 Å². The molecule has 1 aromatic carbocycles. The topological polar surface area (TPSA) is 91.3 Å². The predicted octanol–water partition coefficient (Wildman–Crippen LogP) is 0.374. The first-order valence-electron chi connectivity index (χ1n) is 6.74. The van der Waals surface area contributed by atoms with Gasteiger partial charge in [0.05, 0.1) is 30.5 Å². The van der Waals surface area contributed by atoms with Crippen LogP contribution in [0.3, 0.4) is 0 Å². The second-order valence-electron chi connectivity index (χ2n) is 5.28. The fraction of sp³-hybridized carbons (Fsp3) is 0.500. The van der Waals surface area contributed by atoms with Gasteiger partial charge in [-0.05, 0) is 12.5 Å². The van der Waals surface area contributed by atoms with Crippen LogP contribution in [0.25, 0.3) is 0 Å². The van der Waals surface area contributed by atoms with Gasteiger partial charge in [0.25, 0.3) is 5.91 Å². The summed E-state index contributed by atoms with van der Waals surface area (Å²) in [6, 6.07) is 2.70. The third-order valence-corrected chi connectivity index (χ3v) is 4.03. The van der Waals surface area contributed by atoms with E-state index in [0.29, 0.717) is 17.7 Å². The van der Waals surface area contributed by atoms with Crippen LogP contribution in [0, 0.1) is 0 Å². The van der Waals surface area contributed by atoms with E-state index in [9.17, 15) is 15.0 Å². The van der Waals surface area contributed by atoms with E-state index in [4.69, 9.17) is 9.47 Å². The number of anilines is 1. The second-order valence-corrected chi connectivity index (χ2v) is 5.28. The van der Waals surface area contributed by atoms with E-state index in [1.54, 1.807) is 12.0 Å². The first-order valence-corrected chi connectivity index (χ1v) is 6.74. The molecule has 1 aromatic rings. The van der Waals surface area contributed by atoms with Crippen molar-refractivity contribution in [3.63, 3.8) is 0 Å². The molecule has 1 fully saturated rings. The molecule has 0 aromatic heterocycles. The average Bonchev–Trinajstić information content (AvgIpc) is 2.81. The molecule has 3 N–H and O–H groups in total. The first-order chi connectivity index (χ1) is 10.0. The van der Waals surface area contributed by atoms with E-state index in [-0.39, 0.29) is 30.0 Å². The van der Waals surface area contributed by atoms with Gasteiger partial charge in [-0.25, -0.2) is 0 Å². The van der Waals surface area contributed by atoms with Gasteiger partial charge >= 0.3 is 0 Å². The van der Waals surface area contributed by atoms with Crippen molar-refractivity contribution < 1.29 is 24.5 Å². The van der Waals surface area contributed by atoms with Crippen molar-refractivity contribution in [3.8, 4) is 11.5 Å². The highest BCUT2D eigenvalue weighted by molar-refractivity contribution is 6.01. The maximum absolute atomic E-state index is 12.7. The predicted molar refractivity (Wildman–Crippen MR) is 74.5 cm³/mol. The molecule has 7 nitrogen and oxygen atoms in total. The Morgan fingerprint density at radius 3 is 2.81 bits per heavy atom. The van der Waals surface area contributed by atoms with Crippen LogP contribution >= 0.6 is 0 Å². The number of benzene rings is 1. The number of ether oxygens (including phenoxy) is 2. The van der Waals surface area contributed by atoms with Crippen molar-refractivity contribution in [2.24, 2.45) is 0 Å². The van der Waals surface area contributed by atoms with Gasteiger partial charge in [0.15, 0.2) is 11.5 Å². The van der Waals surface area contributed by atoms with E-state index in [0.717, 1.165) is 0 Å². The summed E-state index contributed by atoms with van der Waals surface area (Å²) in [4.78, 5) is 14.3. The number of phenolic OH excluding ortho intramolecular Hbond substituents is 1. The van der Waals surface area contributed by atoms with Crippen LogP contribution in [-0.4, -0.2) is 60.2 Å². The van der Waals surface area contributed by atoms with E-state index in [1.807, 2.05) is 0 Å². The number of aliphatic hydroxyl groups is 1. The zero-order chi connectivity index (χ0) is 15.1. The highest BCUT2D eigenvalue weighted by Crippen LogP contribution is 2.37. The number of rotatable bonds is 2. The van der Waals surface area contributed by atoms with Gasteiger partial charge in [0.2, 0.25) is 0 Å². The number of aliphatic hydroxyl groups excluding tert-OH is 1. The molecule has 2 aliphatic rings. The number of hydrogen-bond acceptors (Lipinski definition) is 6. The molecular formula is C14H18N2O5. The maximum Gasteiger partial charge on any atom is 0.256 e. The highest BCUT2D eigenvalue weighted by Gasteiger charge is 2.43. The van der Waals surface area contributed by atoms with Crippen LogP contribution < -0.4 is 10.1 Å². The van der Waals surface area contributed by atoms with Gasteiger partial charge in [-0.15, -0.1) is 0 Å². The van der Waals surface area contributed by atoms with Crippen molar-refractivity contribution in [2.45, 2.75) is 24.8 Å². The molecule has 7 heteroatoms. The van der Waals surface area contributed by atoms with Crippen LogP contribution in [0.15, 0.2) is 12.1 Å². The number of carbonyl (C=O) groups excluding carboxylic acids is 1. The lowest BCUT2D eigenvalue weighted by Gasteiger charge is -2.27. The fourth-order valence-corrected chi connectivity index (χ4v) is 3.01. The summed E-state index contributed by atoms with van der Waals surface area (Å²) in [5.41, 5.74) is 0.886. The zero-order valence-corrected chi connectivity index (χ0v) is 11.9. The minimum Gasteiger partial charge on any atom is -0.504 e. The molecule has 0 spiro atoms. The molecular weight excluding hydrogens is 276 g/mol. The fourth-order valence-electron chi connectivity index (χ4n) is 3.01. The zero-order valence-electron chi connectivity index (χ0n) is 11.9. The van der Waals surface area contributed by atoms with Crippen molar-refractivity contribution in [2.75, 3.05) is 26.1 Å². The minimum absolute atomic E-state index is 0.0477. The molecule has 2 heterocycles. The normalized spacial score (nSPS) is 27.7. The molecule has 1 amide bonds. The van der Waals surface area contributed by atoms with Gasteiger partial charge in [0.1, 0.15) is 6.23 Å². The van der Waals surface area contributed by atoms with E-state index >= 15 is 0 Å². The van der Waals surface area contributed by atoms with Crippen molar-refractivity contribution in [3.05, 3.63) is 17.7 Å². The summed E-state index contributed by atoms with van der Waals surface area (Å²) in [5, 5.41) is 22.8. The second kappa shape index (κ2) is 5.09. The van der Waals surface area contributed by atoms with Gasteiger partial charge in [-0.1, -0.05) is 0 Å². The molecule has 3 rings (SSSR count). The third kappa shape index (κ3) is 2.18. The Kier molecular flexibility index (Phi) is 3.38. The van der Waals surface area contributed by atoms with Crippen LogP contribution in [-0.2, 0) is 4.74 Å². The smallest absolute Gasteiger partial charge is 0.256 e. The summed E-state index contributed by atoms with van der Waals surface area (Å²) < 4.78 is 10.5. The number of carbonyl (C=O) groups is 1. The van der Waals surface area contributed by atoms with Crippen LogP contribution in [0.4, 0.5) is 5.69 Å². The molecule has 0 bridgehead atoms. The number of aromatic hydroxyl groups is 1. The highest BCUT2D eigenvalue weighted by atomic mass is 16.5. The van der Waals surface area contributed by atoms with Crippen molar-refractivity contribution in [1.82, 2.24) is 4.90 Å². The Morgan fingerprint density at radius 1 is 1.38 bits per heavy atom. The minimum atomic E-state index is -0.557. The molecule has 114 valence electrons. The summed E-state index contributed by atoms with van der Waals surface area (Å²) in [7, 11) is 2.97. The number of nitrogens with zero attached hydrogens (tertiary/aromatic N) is 1. The van der Waals surface area contributed by atoms with E-state index in [1.165, 1.54) is 19.2 Å². The molecule has 21 heavy (non-hydrogen) atoms. The largest absolute Gasteiger partial charge is 0.504 e. The van der Waals surface area contributed by atoms with Gasteiger partial charge < -0.3 is 29.9 Å². The lowest BCUT2D eigenvalue weighted by atomic mass is 10.1. The third-order valence-electron chi connectivity index (χ3n) is 4.03. The quantitative estimate of drug-likeness (QED) is 0.730. The number of methoxy groups -OCH3 is 2. The molecule has 0 saturated carbocycles. The van der Waals surface area contributed by atoms with Crippen LogP contribution in [0.2, 0.25) is 0 Å². The molecule has 0 aliphatic carbocycles. The van der Waals surface area contributed by atoms with Crippen LogP contribution in [0.1, 0.15) is 16.8 Å². The Bertz CT molecular complexity index is 577. The van der Waals surface area contributed by atoms with Crippen molar-refractivity contribution >= 4 is 11.6 Å². The summed E-state index contributed by atoms with van der Waals surface area (Å²) in [5.74, 6) is -0.0264.